The van der Waals surface area contributed by atoms with Gasteiger partial charge in [0, 0.05) is 60.7 Å². The maximum atomic E-state index is 12.7. The molecule has 0 unspecified atom stereocenters. The van der Waals surface area contributed by atoms with Gasteiger partial charge >= 0.3 is 0 Å². The molecule has 1 atom stereocenters. The number of nitrogens with zero attached hydrogens (tertiary/aromatic N) is 6. The lowest BCUT2D eigenvalue weighted by atomic mass is 9.80. The van der Waals surface area contributed by atoms with Crippen LogP contribution in [0, 0.1) is 0 Å². The number of hydrogen-bond acceptors (Lipinski definition) is 11. The van der Waals surface area contributed by atoms with Crippen LogP contribution in [0.1, 0.15) is 76.8 Å². The van der Waals surface area contributed by atoms with Gasteiger partial charge in [-0.1, -0.05) is 40.6 Å². The highest BCUT2D eigenvalue weighted by Gasteiger charge is 2.36. The fourth-order valence-corrected chi connectivity index (χ4v) is 5.58. The SMILES string of the molecule is C[C@@H](Oc1ccc(-c2cc(C(=O)NCCCc3ccnn3C)on2)cc1)c1nnc(C2CC(NC(=O)c3cc(-c4ccccc4)no3)C2)o1. The van der Waals surface area contributed by atoms with E-state index in [1.807, 2.05) is 67.2 Å². The first-order chi connectivity index (χ1) is 23.9. The summed E-state index contributed by atoms with van der Waals surface area (Å²) < 4.78 is 24.4. The van der Waals surface area contributed by atoms with Crippen LogP contribution < -0.4 is 15.4 Å². The van der Waals surface area contributed by atoms with Crippen LogP contribution >= 0.6 is 0 Å². The molecule has 1 aliphatic carbocycles. The van der Waals surface area contributed by atoms with Crippen LogP contribution in [-0.2, 0) is 13.5 Å². The number of ether oxygens (including phenoxy) is 1. The highest BCUT2D eigenvalue weighted by atomic mass is 16.5. The van der Waals surface area contributed by atoms with Crippen LogP contribution in [0.25, 0.3) is 22.5 Å². The van der Waals surface area contributed by atoms with Crippen LogP contribution in [0.15, 0.2) is 92.5 Å². The summed E-state index contributed by atoms with van der Waals surface area (Å²) in [5.74, 6) is 1.18. The first-order valence-electron chi connectivity index (χ1n) is 16.0. The van der Waals surface area contributed by atoms with Crippen molar-refractivity contribution in [1.29, 1.82) is 0 Å². The number of hydrogen-bond donors (Lipinski definition) is 2. The van der Waals surface area contributed by atoms with Gasteiger partial charge in [0.25, 0.3) is 17.7 Å². The average Bonchev–Trinajstić information content (AvgIpc) is 3.93. The van der Waals surface area contributed by atoms with E-state index in [2.05, 4.69) is 36.2 Å². The zero-order valence-corrected chi connectivity index (χ0v) is 26.9. The highest BCUT2D eigenvalue weighted by molar-refractivity contribution is 5.93. The molecule has 0 saturated heterocycles. The van der Waals surface area contributed by atoms with Crippen LogP contribution in [0.3, 0.4) is 0 Å². The van der Waals surface area contributed by atoms with E-state index in [0.29, 0.717) is 48.3 Å². The average molecular weight is 663 g/mol. The number of benzene rings is 2. The summed E-state index contributed by atoms with van der Waals surface area (Å²) in [6.07, 6.45) is 4.19. The Kier molecular flexibility index (Phi) is 9.00. The quantitative estimate of drug-likeness (QED) is 0.154. The van der Waals surface area contributed by atoms with Crippen molar-refractivity contribution in [2.24, 2.45) is 7.05 Å². The largest absolute Gasteiger partial charge is 0.481 e. The third-order valence-corrected chi connectivity index (χ3v) is 8.44. The van der Waals surface area contributed by atoms with E-state index in [-0.39, 0.29) is 35.3 Å². The van der Waals surface area contributed by atoms with Gasteiger partial charge in [-0.25, -0.2) is 0 Å². The predicted octanol–water partition coefficient (Wildman–Crippen LogP) is 5.29. The van der Waals surface area contributed by atoms with Crippen molar-refractivity contribution in [3.63, 3.8) is 0 Å². The van der Waals surface area contributed by atoms with E-state index in [1.54, 1.807) is 30.5 Å². The molecule has 6 aromatic rings. The van der Waals surface area contributed by atoms with Gasteiger partial charge in [0.05, 0.1) is 0 Å². The van der Waals surface area contributed by atoms with E-state index < -0.39 is 6.10 Å². The molecule has 0 bridgehead atoms. The summed E-state index contributed by atoms with van der Waals surface area (Å²) in [7, 11) is 1.90. The van der Waals surface area contributed by atoms with Gasteiger partial charge < -0.3 is 28.8 Å². The number of carbonyl (C=O) groups is 2. The number of aryl methyl sites for hydroxylation is 2. The summed E-state index contributed by atoms with van der Waals surface area (Å²) in [6.45, 7) is 2.34. The van der Waals surface area contributed by atoms with Gasteiger partial charge in [0.15, 0.2) is 6.10 Å². The first kappa shape index (κ1) is 31.5. The molecule has 1 fully saturated rings. The van der Waals surface area contributed by atoms with Crippen molar-refractivity contribution >= 4 is 11.8 Å². The maximum absolute atomic E-state index is 12.7. The Labute approximate surface area is 280 Å². The molecule has 49 heavy (non-hydrogen) atoms. The minimum absolute atomic E-state index is 0.0359. The second-order valence-electron chi connectivity index (χ2n) is 11.9. The van der Waals surface area contributed by atoms with Crippen LogP contribution in [0.2, 0.25) is 0 Å². The molecule has 2 amide bonds. The molecular weight excluding hydrogens is 628 g/mol. The molecule has 0 aliphatic heterocycles. The molecule has 1 aliphatic rings. The third kappa shape index (κ3) is 7.27. The van der Waals surface area contributed by atoms with Crippen molar-refractivity contribution < 1.29 is 27.8 Å². The molecule has 2 N–H and O–H groups in total. The molecule has 7 rings (SSSR count). The minimum atomic E-state index is -0.492. The van der Waals surface area contributed by atoms with Crippen LogP contribution in [-0.4, -0.2) is 54.7 Å². The van der Waals surface area contributed by atoms with E-state index in [1.165, 1.54) is 0 Å². The zero-order valence-electron chi connectivity index (χ0n) is 26.9. The summed E-state index contributed by atoms with van der Waals surface area (Å²) >= 11 is 0. The predicted molar refractivity (Wildman–Crippen MR) is 174 cm³/mol. The smallest absolute Gasteiger partial charge is 0.290 e. The Bertz CT molecular complexity index is 2020. The molecule has 4 aromatic heterocycles. The van der Waals surface area contributed by atoms with Gasteiger partial charge in [-0.2, -0.15) is 5.10 Å². The van der Waals surface area contributed by atoms with Gasteiger partial charge in [-0.3, -0.25) is 14.3 Å². The lowest BCUT2D eigenvalue weighted by Crippen LogP contribution is -2.43. The van der Waals surface area contributed by atoms with Crippen LogP contribution in [0.4, 0.5) is 0 Å². The summed E-state index contributed by atoms with van der Waals surface area (Å²) in [4.78, 5) is 25.2. The highest BCUT2D eigenvalue weighted by Crippen LogP contribution is 2.37. The summed E-state index contributed by atoms with van der Waals surface area (Å²) in [6, 6.07) is 22.0. The molecule has 0 spiro atoms. The zero-order chi connectivity index (χ0) is 33.7. The van der Waals surface area contributed by atoms with Gasteiger partial charge in [-0.15, -0.1) is 10.2 Å². The van der Waals surface area contributed by atoms with Crippen molar-refractivity contribution in [1.82, 2.24) is 40.9 Å². The number of amides is 2. The van der Waals surface area contributed by atoms with Gasteiger partial charge in [-0.05, 0) is 62.9 Å². The summed E-state index contributed by atoms with van der Waals surface area (Å²) in [5.41, 5.74) is 3.90. The lowest BCUT2D eigenvalue weighted by molar-refractivity contribution is 0.0863. The van der Waals surface area contributed by atoms with Crippen LogP contribution in [0.5, 0.6) is 5.75 Å². The first-order valence-corrected chi connectivity index (χ1v) is 16.0. The number of carbonyl (C=O) groups excluding carboxylic acids is 2. The van der Waals surface area contributed by atoms with Crippen molar-refractivity contribution in [3.05, 3.63) is 108 Å². The number of aromatic nitrogens is 6. The van der Waals surface area contributed by atoms with Crippen molar-refractivity contribution in [2.45, 2.75) is 50.7 Å². The standard InChI is InChI=1S/C35H34N8O6/c1-21(34-39-40-35(47-34)24-17-25(18-24)38-33(45)31-20-28(41-49-31)22-7-4-3-5-8-22)46-27-12-10-23(11-13-27)29-19-30(48-42-29)32(44)36-15-6-9-26-14-16-37-43(26)2/h3-5,7-8,10-14,16,19-21,24-25H,6,9,15,17-18H2,1-2H3,(H,36,44)(H,38,45)/t21-,24?,25?/m1/s1. The molecule has 4 heterocycles. The molecule has 2 aromatic carbocycles. The van der Waals surface area contributed by atoms with Gasteiger partial charge in [0.2, 0.25) is 17.4 Å². The Hall–Kier alpha value is -6.05. The Morgan fingerprint density at radius 2 is 1.61 bits per heavy atom. The fourth-order valence-electron chi connectivity index (χ4n) is 5.58. The second kappa shape index (κ2) is 14.0. The van der Waals surface area contributed by atoms with Gasteiger partial charge in [0.1, 0.15) is 17.1 Å². The molecule has 250 valence electrons. The lowest BCUT2D eigenvalue weighted by Gasteiger charge is -2.33. The Balaban J connectivity index is 0.856. The van der Waals surface area contributed by atoms with E-state index >= 15 is 0 Å². The van der Waals surface area contributed by atoms with E-state index in [4.69, 9.17) is 18.2 Å². The fraction of sp³-hybridized carbons (Fsp3) is 0.286. The van der Waals surface area contributed by atoms with Crippen molar-refractivity contribution in [3.8, 4) is 28.3 Å². The molecule has 0 radical (unpaired) electrons. The molecule has 14 heteroatoms. The molecule has 14 nitrogen and oxygen atoms in total. The molecule has 1 saturated carbocycles. The number of nitrogens with one attached hydrogen (secondary N) is 2. The topological polar surface area (TPSA) is 176 Å². The molecular formula is C35H34N8O6. The third-order valence-electron chi connectivity index (χ3n) is 8.44. The Morgan fingerprint density at radius 1 is 0.918 bits per heavy atom. The van der Waals surface area contributed by atoms with E-state index in [0.717, 1.165) is 29.7 Å². The maximum Gasteiger partial charge on any atom is 0.290 e. The van der Waals surface area contributed by atoms with E-state index in [9.17, 15) is 9.59 Å². The minimum Gasteiger partial charge on any atom is -0.481 e. The summed E-state index contributed by atoms with van der Waals surface area (Å²) in [5, 5.41) is 26.5. The Morgan fingerprint density at radius 3 is 2.31 bits per heavy atom. The monoisotopic (exact) mass is 662 g/mol. The normalized spacial score (nSPS) is 16.1. The second-order valence-corrected chi connectivity index (χ2v) is 11.9. The van der Waals surface area contributed by atoms with Crippen molar-refractivity contribution in [2.75, 3.05) is 6.54 Å². The number of rotatable bonds is 13.